The quantitative estimate of drug-likeness (QED) is 0.568. The molecular weight excluding hydrogens is 194 g/mol. The topological polar surface area (TPSA) is 47.6 Å². The van der Waals surface area contributed by atoms with Crippen LogP contribution in [0.3, 0.4) is 0 Å². The van der Waals surface area contributed by atoms with E-state index < -0.39 is 0 Å². The number of ether oxygens (including phenoxy) is 2. The molecule has 0 saturated heterocycles. The first-order valence-electron chi connectivity index (χ1n) is 5.73. The summed E-state index contributed by atoms with van der Waals surface area (Å²) in [6, 6.07) is 0. The number of hydrogen-bond donors (Lipinski definition) is 1. The second-order valence-electron chi connectivity index (χ2n) is 3.20. The lowest BCUT2D eigenvalue weighted by Crippen LogP contribution is -2.26. The third-order valence-corrected chi connectivity index (χ3v) is 1.92. The molecule has 0 radical (unpaired) electrons. The number of nitrogens with one attached hydrogen (secondary N) is 1. The van der Waals surface area contributed by atoms with Crippen molar-refractivity contribution in [3.63, 3.8) is 0 Å². The molecule has 92 valence electrons. The van der Waals surface area contributed by atoms with E-state index in [1.165, 1.54) is 0 Å². The van der Waals surface area contributed by atoms with Crippen LogP contribution in [0.4, 0.5) is 0 Å². The lowest BCUT2D eigenvalue weighted by atomic mass is 10.2. The molecule has 0 saturated carbocycles. The van der Waals surface area contributed by atoms with Crippen LogP contribution < -0.4 is 5.32 Å². The van der Waals surface area contributed by atoms with Crippen molar-refractivity contribution in [3.8, 4) is 0 Å². The predicted molar refractivity (Wildman–Crippen MR) is 62.0 cm³/mol. The minimum Gasteiger partial charge on any atom is -0.382 e. The molecule has 0 spiro atoms. The van der Waals surface area contributed by atoms with Crippen LogP contribution in [0.25, 0.3) is 0 Å². The molecule has 15 heavy (non-hydrogen) atoms. The van der Waals surface area contributed by atoms with Gasteiger partial charge in [0.1, 0.15) is 0 Å². The summed E-state index contributed by atoms with van der Waals surface area (Å²) >= 11 is 0. The molecule has 0 aliphatic rings. The van der Waals surface area contributed by atoms with Gasteiger partial charge in [-0.1, -0.05) is 0 Å². The zero-order valence-corrected chi connectivity index (χ0v) is 9.88. The van der Waals surface area contributed by atoms with Crippen LogP contribution in [0.2, 0.25) is 0 Å². The van der Waals surface area contributed by atoms with E-state index in [0.29, 0.717) is 26.2 Å². The Morgan fingerprint density at radius 1 is 1.13 bits per heavy atom. The molecule has 0 heterocycles. The molecule has 0 aliphatic heterocycles. The first-order valence-corrected chi connectivity index (χ1v) is 5.73. The van der Waals surface area contributed by atoms with E-state index in [-0.39, 0.29) is 7.33 Å². The molecule has 0 aromatic rings. The first kappa shape index (κ1) is 14.4. The van der Waals surface area contributed by atoms with Gasteiger partial charge in [-0.25, -0.2) is 0 Å². The highest BCUT2D eigenvalue weighted by molar-refractivity contribution is 5.75. The van der Waals surface area contributed by atoms with Crippen LogP contribution in [0.15, 0.2) is 0 Å². The van der Waals surface area contributed by atoms with E-state index in [9.17, 15) is 4.79 Å². The van der Waals surface area contributed by atoms with Crippen molar-refractivity contribution in [2.75, 3.05) is 33.0 Å². The number of amides is 1. The number of carbonyl (C=O) groups excluding carboxylic acids is 1. The summed E-state index contributed by atoms with van der Waals surface area (Å²) in [7, 11) is 0. The summed E-state index contributed by atoms with van der Waals surface area (Å²) in [5.74, 6) is 0.103. The highest BCUT2D eigenvalue weighted by atomic mass is 16.5. The maximum absolute atomic E-state index is 11.2. The second kappa shape index (κ2) is 11.5. The summed E-state index contributed by atoms with van der Waals surface area (Å²) in [6.45, 7) is 7.32. The molecule has 1 amide bonds. The largest absolute Gasteiger partial charge is 0.382 e. The van der Waals surface area contributed by atoms with E-state index in [0.717, 1.165) is 26.1 Å². The van der Waals surface area contributed by atoms with Crippen molar-refractivity contribution in [3.05, 3.63) is 0 Å². The Morgan fingerprint density at radius 3 is 2.47 bits per heavy atom. The molecule has 0 rings (SSSR count). The lowest BCUT2D eigenvalue weighted by molar-refractivity contribution is -0.121. The minimum absolute atomic E-state index is 0. The van der Waals surface area contributed by atoms with Crippen molar-refractivity contribution in [2.24, 2.45) is 0 Å². The minimum atomic E-state index is 0. The molecule has 0 fully saturated rings. The van der Waals surface area contributed by atoms with Gasteiger partial charge in [0.15, 0.2) is 0 Å². The Balaban J connectivity index is 0. The Kier molecular flexibility index (Phi) is 11.0. The van der Waals surface area contributed by atoms with Crippen LogP contribution in [-0.2, 0) is 14.3 Å². The summed E-state index contributed by atoms with van der Waals surface area (Å²) in [5.41, 5.74) is 0. The van der Waals surface area contributed by atoms with E-state index >= 15 is 0 Å². The van der Waals surface area contributed by atoms with Crippen molar-refractivity contribution in [1.82, 2.24) is 5.32 Å². The van der Waals surface area contributed by atoms with Crippen LogP contribution in [0, 0.1) is 0 Å². The Morgan fingerprint density at radius 2 is 1.80 bits per heavy atom. The molecule has 4 heteroatoms. The fourth-order valence-corrected chi connectivity index (χ4v) is 1.13. The molecule has 0 aliphatic carbocycles. The number of hydrogen-bond acceptors (Lipinski definition) is 3. The van der Waals surface area contributed by atoms with Crippen molar-refractivity contribution in [1.29, 1.82) is 0 Å². The van der Waals surface area contributed by atoms with Gasteiger partial charge in [-0.2, -0.15) is 0 Å². The van der Waals surface area contributed by atoms with E-state index in [2.05, 4.69) is 5.32 Å². The lowest BCUT2D eigenvalue weighted by Gasteiger charge is -2.05. The monoisotopic (exact) mass is 219 g/mol. The highest BCUT2D eigenvalue weighted by Crippen LogP contribution is 1.95. The smallest absolute Gasteiger partial charge is 0.220 e. The average Bonchev–Trinajstić information content (AvgIpc) is 2.24. The molecule has 0 atom stereocenters. The molecule has 4 nitrogen and oxygen atoms in total. The van der Waals surface area contributed by atoms with Gasteiger partial charge in [0, 0.05) is 34.2 Å². The molecule has 0 unspecified atom stereocenters. The first-order chi connectivity index (χ1) is 7.31. The van der Waals surface area contributed by atoms with Gasteiger partial charge in [-0.05, 0) is 26.7 Å². The Labute approximate surface area is 93.8 Å². The van der Waals surface area contributed by atoms with Crippen LogP contribution in [0.5, 0.6) is 0 Å². The molecule has 0 aromatic heterocycles. The number of unbranched alkanes of at least 4 members (excludes halogenated alkanes) is 1. The fourth-order valence-electron chi connectivity index (χ4n) is 1.13. The maximum Gasteiger partial charge on any atom is 0.220 e. The second-order valence-corrected chi connectivity index (χ2v) is 3.20. The third kappa shape index (κ3) is 11.3. The van der Waals surface area contributed by atoms with Crippen LogP contribution in [0.1, 0.15) is 34.5 Å². The molecular formula is C11H25NO3. The summed E-state index contributed by atoms with van der Waals surface area (Å²) in [6.07, 6.45) is 2.42. The third-order valence-electron chi connectivity index (χ3n) is 1.92. The SMILES string of the molecule is CCOCCCCC(=O)NCCOCC.[HH]. The number of carbonyl (C=O) groups is 1. The zero-order valence-electron chi connectivity index (χ0n) is 9.88. The van der Waals surface area contributed by atoms with Gasteiger partial charge >= 0.3 is 0 Å². The van der Waals surface area contributed by atoms with Gasteiger partial charge in [0.05, 0.1) is 6.61 Å². The number of rotatable bonds is 10. The van der Waals surface area contributed by atoms with Gasteiger partial charge in [-0.15, -0.1) is 0 Å². The van der Waals surface area contributed by atoms with Gasteiger partial charge < -0.3 is 14.8 Å². The highest BCUT2D eigenvalue weighted by Gasteiger charge is 1.99. The normalized spacial score (nSPS) is 10.3. The van der Waals surface area contributed by atoms with Gasteiger partial charge in [0.2, 0.25) is 5.91 Å². The Hall–Kier alpha value is -0.610. The maximum atomic E-state index is 11.2. The van der Waals surface area contributed by atoms with Crippen molar-refractivity contribution < 1.29 is 15.7 Å². The van der Waals surface area contributed by atoms with E-state index in [1.807, 2.05) is 13.8 Å². The molecule has 0 aromatic carbocycles. The molecule has 0 bridgehead atoms. The standard InChI is InChI=1S/C11H23NO3.H2/c1-3-14-9-6-5-7-11(13)12-8-10-15-4-2;/h3-10H2,1-2H3,(H,12,13);1H. The summed E-state index contributed by atoms with van der Waals surface area (Å²) < 4.78 is 10.3. The Bertz CT molecular complexity index is 156. The van der Waals surface area contributed by atoms with Crippen molar-refractivity contribution >= 4 is 5.91 Å². The predicted octanol–water partition coefficient (Wildman–Crippen LogP) is 1.59. The molecule has 1 N–H and O–H groups in total. The van der Waals surface area contributed by atoms with Crippen LogP contribution >= 0.6 is 0 Å². The van der Waals surface area contributed by atoms with Crippen LogP contribution in [-0.4, -0.2) is 38.9 Å². The summed E-state index contributed by atoms with van der Waals surface area (Å²) in [5, 5.41) is 2.80. The summed E-state index contributed by atoms with van der Waals surface area (Å²) in [4.78, 5) is 11.2. The zero-order chi connectivity index (χ0) is 11.4. The van der Waals surface area contributed by atoms with E-state index in [1.54, 1.807) is 0 Å². The van der Waals surface area contributed by atoms with Crippen molar-refractivity contribution in [2.45, 2.75) is 33.1 Å². The van der Waals surface area contributed by atoms with Gasteiger partial charge in [-0.3, -0.25) is 4.79 Å². The fraction of sp³-hybridized carbons (Fsp3) is 0.909. The van der Waals surface area contributed by atoms with Gasteiger partial charge in [0.25, 0.3) is 0 Å². The van der Waals surface area contributed by atoms with E-state index in [4.69, 9.17) is 9.47 Å². The average molecular weight is 219 g/mol.